The standard InChI is InChI=1S/C22H25FN4O3.HI/c1-3-24-21(27-15-22(2,28)19-5-4-12-29-19)26-14-16-10-11-25-20(13-16)30-18-8-6-17(23)7-9-18;/h4-13,28H,3,14-15H2,1-2H3,(H2,24,26,27);1H. The van der Waals surface area contributed by atoms with Gasteiger partial charge in [0.15, 0.2) is 5.96 Å². The molecule has 0 amide bonds. The van der Waals surface area contributed by atoms with Crippen molar-refractivity contribution < 1.29 is 18.7 Å². The molecule has 1 atom stereocenters. The quantitative estimate of drug-likeness (QED) is 0.226. The van der Waals surface area contributed by atoms with Gasteiger partial charge in [0, 0.05) is 18.8 Å². The molecule has 3 aromatic rings. The fraction of sp³-hybridized carbons (Fsp3) is 0.273. The Morgan fingerprint density at radius 3 is 2.68 bits per heavy atom. The van der Waals surface area contributed by atoms with E-state index in [1.54, 1.807) is 43.5 Å². The number of rotatable bonds is 8. The molecule has 1 aromatic carbocycles. The SMILES string of the molecule is CCNC(=NCc1ccnc(Oc2ccc(F)cc2)c1)NCC(C)(O)c1ccco1.I. The number of aliphatic imine (C=N–C) groups is 1. The van der Waals surface area contributed by atoms with Crippen molar-refractivity contribution in [2.24, 2.45) is 4.99 Å². The summed E-state index contributed by atoms with van der Waals surface area (Å²) in [6.45, 7) is 4.90. The highest BCUT2D eigenvalue weighted by Gasteiger charge is 2.26. The van der Waals surface area contributed by atoms with Crippen molar-refractivity contribution in [3.63, 3.8) is 0 Å². The first-order valence-electron chi connectivity index (χ1n) is 9.63. The van der Waals surface area contributed by atoms with Crippen LogP contribution < -0.4 is 15.4 Å². The van der Waals surface area contributed by atoms with Gasteiger partial charge in [0.05, 0.1) is 19.4 Å². The van der Waals surface area contributed by atoms with Gasteiger partial charge in [-0.25, -0.2) is 14.4 Å². The summed E-state index contributed by atoms with van der Waals surface area (Å²) < 4.78 is 24.0. The molecule has 0 spiro atoms. The maximum atomic E-state index is 13.0. The lowest BCUT2D eigenvalue weighted by Crippen LogP contribution is -2.44. The second kappa shape index (κ2) is 11.7. The zero-order chi connectivity index (χ0) is 21.4. The number of guanidine groups is 1. The molecule has 0 saturated carbocycles. The van der Waals surface area contributed by atoms with Crippen LogP contribution in [-0.2, 0) is 12.1 Å². The molecule has 0 aliphatic rings. The van der Waals surface area contributed by atoms with Gasteiger partial charge in [0.1, 0.15) is 22.9 Å². The molecule has 0 fully saturated rings. The van der Waals surface area contributed by atoms with Gasteiger partial charge in [-0.3, -0.25) is 0 Å². The Morgan fingerprint density at radius 1 is 1.23 bits per heavy atom. The van der Waals surface area contributed by atoms with E-state index in [0.717, 1.165) is 5.56 Å². The van der Waals surface area contributed by atoms with E-state index in [-0.39, 0.29) is 36.3 Å². The molecule has 31 heavy (non-hydrogen) atoms. The minimum Gasteiger partial charge on any atom is -0.466 e. The first-order chi connectivity index (χ1) is 14.5. The molecule has 2 aromatic heterocycles. The Morgan fingerprint density at radius 2 is 2.00 bits per heavy atom. The Kier molecular flexibility index (Phi) is 9.25. The summed E-state index contributed by atoms with van der Waals surface area (Å²) >= 11 is 0. The van der Waals surface area contributed by atoms with E-state index in [2.05, 4.69) is 20.6 Å². The van der Waals surface area contributed by atoms with Crippen LogP contribution in [0, 0.1) is 5.82 Å². The van der Waals surface area contributed by atoms with Gasteiger partial charge in [0.25, 0.3) is 0 Å². The number of nitrogens with one attached hydrogen (secondary N) is 2. The second-order valence-electron chi connectivity index (χ2n) is 6.86. The number of halogens is 2. The number of hydrogen-bond acceptors (Lipinski definition) is 5. The van der Waals surface area contributed by atoms with Crippen LogP contribution in [0.4, 0.5) is 4.39 Å². The molecule has 3 N–H and O–H groups in total. The summed E-state index contributed by atoms with van der Waals surface area (Å²) in [4.78, 5) is 8.73. The zero-order valence-corrected chi connectivity index (χ0v) is 19.7. The van der Waals surface area contributed by atoms with Crippen LogP contribution in [0.3, 0.4) is 0 Å². The van der Waals surface area contributed by atoms with Crippen molar-refractivity contribution in [2.75, 3.05) is 13.1 Å². The molecule has 7 nitrogen and oxygen atoms in total. The predicted octanol–water partition coefficient (Wildman–Crippen LogP) is 4.19. The normalized spacial score (nSPS) is 13.1. The molecule has 0 radical (unpaired) electrons. The third-order valence-corrected chi connectivity index (χ3v) is 4.25. The minimum atomic E-state index is -1.17. The molecule has 1 unspecified atom stereocenters. The Balaban J connectivity index is 0.00000341. The fourth-order valence-electron chi connectivity index (χ4n) is 2.67. The fourth-order valence-corrected chi connectivity index (χ4v) is 2.67. The second-order valence-corrected chi connectivity index (χ2v) is 6.86. The number of furan rings is 1. The monoisotopic (exact) mass is 540 g/mol. The van der Waals surface area contributed by atoms with Crippen LogP contribution in [0.5, 0.6) is 11.6 Å². The van der Waals surface area contributed by atoms with Crippen molar-refractivity contribution in [3.8, 4) is 11.6 Å². The number of nitrogens with zero attached hydrogens (tertiary/aromatic N) is 2. The molecule has 0 saturated heterocycles. The third-order valence-electron chi connectivity index (χ3n) is 4.25. The molecule has 0 bridgehead atoms. The summed E-state index contributed by atoms with van der Waals surface area (Å²) in [6.07, 6.45) is 3.16. The van der Waals surface area contributed by atoms with Gasteiger partial charge < -0.3 is 24.9 Å². The topological polar surface area (TPSA) is 91.9 Å². The molecule has 0 aliphatic heterocycles. The highest BCUT2D eigenvalue weighted by molar-refractivity contribution is 14.0. The van der Waals surface area contributed by atoms with Gasteiger partial charge in [-0.05, 0) is 61.9 Å². The molecule has 0 aliphatic carbocycles. The molecular formula is C22H26FIN4O3. The molecule has 2 heterocycles. The molecule has 3 rings (SSSR count). The molecule has 9 heteroatoms. The predicted molar refractivity (Wildman–Crippen MR) is 127 cm³/mol. The van der Waals surface area contributed by atoms with Crippen molar-refractivity contribution in [1.29, 1.82) is 0 Å². The lowest BCUT2D eigenvalue weighted by molar-refractivity contribution is 0.0386. The highest BCUT2D eigenvalue weighted by Crippen LogP contribution is 2.21. The van der Waals surface area contributed by atoms with Gasteiger partial charge in [-0.1, -0.05) is 0 Å². The van der Waals surface area contributed by atoms with Crippen molar-refractivity contribution in [2.45, 2.75) is 26.0 Å². The van der Waals surface area contributed by atoms with Crippen LogP contribution in [0.25, 0.3) is 0 Å². The number of hydrogen-bond donors (Lipinski definition) is 3. The van der Waals surface area contributed by atoms with E-state index in [1.165, 1.54) is 18.4 Å². The maximum Gasteiger partial charge on any atom is 0.219 e. The van der Waals surface area contributed by atoms with Crippen LogP contribution >= 0.6 is 24.0 Å². The Bertz CT molecular complexity index is 963. The number of ether oxygens (including phenoxy) is 1. The number of aliphatic hydroxyl groups is 1. The zero-order valence-electron chi connectivity index (χ0n) is 17.3. The lowest BCUT2D eigenvalue weighted by Gasteiger charge is -2.22. The number of benzene rings is 1. The largest absolute Gasteiger partial charge is 0.466 e. The summed E-state index contributed by atoms with van der Waals surface area (Å²) in [5.74, 6) is 1.60. The average molecular weight is 540 g/mol. The Hall–Kier alpha value is -2.66. The summed E-state index contributed by atoms with van der Waals surface area (Å²) in [7, 11) is 0. The summed E-state index contributed by atoms with van der Waals surface area (Å²) in [5.41, 5.74) is -0.288. The first-order valence-corrected chi connectivity index (χ1v) is 9.63. The summed E-state index contributed by atoms with van der Waals surface area (Å²) in [6, 6.07) is 12.8. The Labute approximate surface area is 197 Å². The lowest BCUT2D eigenvalue weighted by atomic mass is 10.0. The average Bonchev–Trinajstić information content (AvgIpc) is 3.28. The van der Waals surface area contributed by atoms with Gasteiger partial charge >= 0.3 is 0 Å². The third kappa shape index (κ3) is 7.51. The van der Waals surface area contributed by atoms with E-state index < -0.39 is 5.60 Å². The number of aromatic nitrogens is 1. The number of pyridine rings is 1. The maximum absolute atomic E-state index is 13.0. The molecular weight excluding hydrogens is 514 g/mol. The van der Waals surface area contributed by atoms with E-state index in [0.29, 0.717) is 36.4 Å². The summed E-state index contributed by atoms with van der Waals surface area (Å²) in [5, 5.41) is 16.9. The van der Waals surface area contributed by atoms with E-state index in [1.807, 2.05) is 13.0 Å². The van der Waals surface area contributed by atoms with Crippen molar-refractivity contribution in [1.82, 2.24) is 15.6 Å². The van der Waals surface area contributed by atoms with Crippen molar-refractivity contribution in [3.05, 3.63) is 78.1 Å². The van der Waals surface area contributed by atoms with Gasteiger partial charge in [-0.15, -0.1) is 24.0 Å². The van der Waals surface area contributed by atoms with Crippen molar-refractivity contribution >= 4 is 29.9 Å². The first kappa shape index (κ1) is 24.6. The smallest absolute Gasteiger partial charge is 0.219 e. The van der Waals surface area contributed by atoms with Crippen LogP contribution in [0.1, 0.15) is 25.2 Å². The minimum absolute atomic E-state index is 0. The van der Waals surface area contributed by atoms with E-state index in [4.69, 9.17) is 9.15 Å². The molecule has 166 valence electrons. The van der Waals surface area contributed by atoms with Crippen LogP contribution in [0.2, 0.25) is 0 Å². The highest BCUT2D eigenvalue weighted by atomic mass is 127. The van der Waals surface area contributed by atoms with Gasteiger partial charge in [-0.2, -0.15) is 0 Å². The van der Waals surface area contributed by atoms with Gasteiger partial charge in [0.2, 0.25) is 5.88 Å². The van der Waals surface area contributed by atoms with E-state index >= 15 is 0 Å². The van der Waals surface area contributed by atoms with Crippen LogP contribution in [-0.4, -0.2) is 29.1 Å². The van der Waals surface area contributed by atoms with E-state index in [9.17, 15) is 9.50 Å². The van der Waals surface area contributed by atoms with Crippen LogP contribution in [0.15, 0.2) is 70.4 Å².